The first kappa shape index (κ1) is 24.1. The van der Waals surface area contributed by atoms with Crippen molar-refractivity contribution in [3.63, 3.8) is 0 Å². The predicted molar refractivity (Wildman–Crippen MR) is 139 cm³/mol. The average molecular weight is 506 g/mol. The van der Waals surface area contributed by atoms with Crippen LogP contribution >= 0.6 is 23.4 Å². The molecule has 0 saturated carbocycles. The van der Waals surface area contributed by atoms with Crippen LogP contribution in [0.2, 0.25) is 5.02 Å². The van der Waals surface area contributed by atoms with Crippen LogP contribution in [0.15, 0.2) is 47.5 Å². The minimum atomic E-state index is -3.12. The molecule has 2 aromatic carbocycles. The normalized spacial score (nSPS) is 22.5. The van der Waals surface area contributed by atoms with Crippen molar-refractivity contribution >= 4 is 55.6 Å². The van der Waals surface area contributed by atoms with E-state index in [9.17, 15) is 13.2 Å². The summed E-state index contributed by atoms with van der Waals surface area (Å²) < 4.78 is 24.7. The van der Waals surface area contributed by atoms with Crippen LogP contribution in [0.4, 0.5) is 11.4 Å². The predicted octanol–water partition coefficient (Wildman–Crippen LogP) is 4.34. The molecule has 4 rings (SSSR count). The van der Waals surface area contributed by atoms with Crippen molar-refractivity contribution in [2.45, 2.75) is 38.5 Å². The lowest BCUT2D eigenvalue weighted by molar-refractivity contribution is -0.117. The number of carbonyl (C=O) groups excluding carboxylic acids is 1. The molecule has 2 aromatic rings. The van der Waals surface area contributed by atoms with Gasteiger partial charge in [0, 0.05) is 34.7 Å². The Morgan fingerprint density at radius 3 is 2.58 bits per heavy atom. The van der Waals surface area contributed by atoms with Gasteiger partial charge in [0.2, 0.25) is 0 Å². The number of anilines is 2. The van der Waals surface area contributed by atoms with Crippen molar-refractivity contribution in [1.29, 1.82) is 0 Å². The molecular weight excluding hydrogens is 478 g/mol. The Hall–Kier alpha value is -2.03. The lowest BCUT2D eigenvalue weighted by atomic mass is 10.1. The quantitative estimate of drug-likeness (QED) is 0.581. The summed E-state index contributed by atoms with van der Waals surface area (Å²) in [5, 5.41) is 0.965. The highest BCUT2D eigenvalue weighted by atomic mass is 35.5. The molecule has 0 aliphatic carbocycles. The second-order valence-corrected chi connectivity index (χ2v) is 12.1. The van der Waals surface area contributed by atoms with E-state index in [-0.39, 0.29) is 35.1 Å². The molecule has 2 fully saturated rings. The zero-order chi connectivity index (χ0) is 23.8. The molecule has 2 aliphatic heterocycles. The van der Waals surface area contributed by atoms with Gasteiger partial charge < -0.3 is 9.80 Å². The van der Waals surface area contributed by atoms with E-state index >= 15 is 0 Å². The first-order valence-corrected chi connectivity index (χ1v) is 14.2. The van der Waals surface area contributed by atoms with Crippen LogP contribution in [-0.4, -0.2) is 55.4 Å². The van der Waals surface area contributed by atoms with Crippen LogP contribution < -0.4 is 9.80 Å². The van der Waals surface area contributed by atoms with E-state index in [1.807, 2.05) is 36.1 Å². The van der Waals surface area contributed by atoms with E-state index in [4.69, 9.17) is 11.6 Å². The summed E-state index contributed by atoms with van der Waals surface area (Å²) in [7, 11) is -3.12. The van der Waals surface area contributed by atoms with E-state index < -0.39 is 9.84 Å². The molecule has 0 radical (unpaired) electrons. The SMILES string of the molecule is CCN(CC)c1ccc(N2C(=NC(=O)Cc3ccccc3Cl)S[C@@H]3CS(=O)(=O)C[C@@H]32)c(C)c1. The maximum Gasteiger partial charge on any atom is 0.252 e. The van der Waals surface area contributed by atoms with Crippen LogP contribution in [0.25, 0.3) is 0 Å². The minimum Gasteiger partial charge on any atom is -0.372 e. The first-order valence-electron chi connectivity index (χ1n) is 11.1. The van der Waals surface area contributed by atoms with Gasteiger partial charge in [0.05, 0.1) is 24.0 Å². The van der Waals surface area contributed by atoms with Gasteiger partial charge in [-0.3, -0.25) is 4.79 Å². The number of hydrogen-bond acceptors (Lipinski definition) is 5. The summed E-state index contributed by atoms with van der Waals surface area (Å²) in [5.74, 6) is -0.122. The number of benzene rings is 2. The van der Waals surface area contributed by atoms with Gasteiger partial charge in [0.1, 0.15) is 0 Å². The van der Waals surface area contributed by atoms with E-state index in [0.29, 0.717) is 10.2 Å². The second kappa shape index (κ2) is 9.68. The molecule has 2 heterocycles. The van der Waals surface area contributed by atoms with Crippen LogP contribution in [0.3, 0.4) is 0 Å². The van der Waals surface area contributed by atoms with Gasteiger partial charge in [-0.15, -0.1) is 0 Å². The van der Waals surface area contributed by atoms with Crippen LogP contribution in [0.5, 0.6) is 0 Å². The number of aliphatic imine (C=N–C) groups is 1. The van der Waals surface area contributed by atoms with Crippen molar-refractivity contribution in [3.8, 4) is 0 Å². The zero-order valence-corrected chi connectivity index (χ0v) is 21.4. The third-order valence-electron chi connectivity index (χ3n) is 6.15. The lowest BCUT2D eigenvalue weighted by Gasteiger charge is -2.28. The Labute approximate surface area is 204 Å². The fourth-order valence-corrected chi connectivity index (χ4v) is 8.62. The maximum atomic E-state index is 12.8. The van der Waals surface area contributed by atoms with Gasteiger partial charge in [-0.1, -0.05) is 41.6 Å². The summed E-state index contributed by atoms with van der Waals surface area (Å²) in [6.07, 6.45) is 0.102. The third kappa shape index (κ3) is 5.08. The summed E-state index contributed by atoms with van der Waals surface area (Å²) in [4.78, 5) is 21.5. The average Bonchev–Trinajstić information content (AvgIpc) is 3.22. The van der Waals surface area contributed by atoms with E-state index in [0.717, 1.165) is 35.6 Å². The fraction of sp³-hybridized carbons (Fsp3) is 0.417. The standard InChI is InChI=1S/C24H28ClN3O3S2/c1-4-27(5-2)18-10-11-20(16(3)12-18)28-21-14-33(30,31)15-22(21)32-24(28)26-23(29)13-17-8-6-7-9-19(17)25/h6-12,21-22H,4-5,13-15H2,1-3H3/t21-,22+/m0/s1. The number of rotatable bonds is 6. The molecule has 176 valence electrons. The number of fused-ring (bicyclic) bond motifs is 1. The molecule has 0 unspecified atom stereocenters. The largest absolute Gasteiger partial charge is 0.372 e. The summed E-state index contributed by atoms with van der Waals surface area (Å²) in [5.41, 5.74) is 3.77. The van der Waals surface area contributed by atoms with Gasteiger partial charge in [0.25, 0.3) is 5.91 Å². The Kier molecular flexibility index (Phi) is 7.07. The Morgan fingerprint density at radius 1 is 1.18 bits per heavy atom. The van der Waals surface area contributed by atoms with E-state index in [2.05, 4.69) is 35.9 Å². The van der Waals surface area contributed by atoms with Crippen molar-refractivity contribution in [2.75, 3.05) is 34.4 Å². The van der Waals surface area contributed by atoms with Crippen molar-refractivity contribution in [2.24, 2.45) is 4.99 Å². The molecule has 1 amide bonds. The molecule has 0 aromatic heterocycles. The van der Waals surface area contributed by atoms with Gasteiger partial charge in [-0.2, -0.15) is 4.99 Å². The molecule has 0 spiro atoms. The van der Waals surface area contributed by atoms with E-state index in [1.165, 1.54) is 11.8 Å². The Morgan fingerprint density at radius 2 is 1.91 bits per heavy atom. The van der Waals surface area contributed by atoms with Gasteiger partial charge in [-0.25, -0.2) is 8.42 Å². The van der Waals surface area contributed by atoms with Crippen molar-refractivity contribution in [1.82, 2.24) is 0 Å². The summed E-state index contributed by atoms with van der Waals surface area (Å²) in [6.45, 7) is 8.06. The second-order valence-electron chi connectivity index (χ2n) is 8.37. The number of amides is 1. The number of carbonyl (C=O) groups is 1. The van der Waals surface area contributed by atoms with Gasteiger partial charge in [0.15, 0.2) is 15.0 Å². The molecule has 2 aliphatic rings. The lowest BCUT2D eigenvalue weighted by Crippen LogP contribution is -2.38. The molecule has 9 heteroatoms. The van der Waals surface area contributed by atoms with Crippen molar-refractivity contribution in [3.05, 3.63) is 58.6 Å². The van der Waals surface area contributed by atoms with Crippen LogP contribution in [0.1, 0.15) is 25.0 Å². The van der Waals surface area contributed by atoms with Crippen molar-refractivity contribution < 1.29 is 13.2 Å². The third-order valence-corrected chi connectivity index (χ3v) is 9.73. The van der Waals surface area contributed by atoms with Gasteiger partial charge in [-0.05, 0) is 56.2 Å². The molecule has 2 atom stereocenters. The highest BCUT2D eigenvalue weighted by Crippen LogP contribution is 2.42. The number of thioether (sulfide) groups is 1. The Balaban J connectivity index is 1.68. The Bertz CT molecular complexity index is 1200. The minimum absolute atomic E-state index is 0.0691. The van der Waals surface area contributed by atoms with Gasteiger partial charge >= 0.3 is 0 Å². The molecule has 33 heavy (non-hydrogen) atoms. The van der Waals surface area contributed by atoms with E-state index in [1.54, 1.807) is 6.07 Å². The maximum absolute atomic E-state index is 12.8. The molecular formula is C24H28ClN3O3S2. The highest BCUT2D eigenvalue weighted by molar-refractivity contribution is 8.16. The number of hydrogen-bond donors (Lipinski definition) is 0. The first-order chi connectivity index (χ1) is 15.7. The number of amidine groups is 1. The fourth-order valence-electron chi connectivity index (χ4n) is 4.49. The zero-order valence-electron chi connectivity index (χ0n) is 19.0. The number of halogens is 1. The monoisotopic (exact) mass is 505 g/mol. The topological polar surface area (TPSA) is 70.0 Å². The smallest absolute Gasteiger partial charge is 0.252 e. The van der Waals surface area contributed by atoms with Crippen LogP contribution in [-0.2, 0) is 21.1 Å². The summed E-state index contributed by atoms with van der Waals surface area (Å²) in [6, 6.07) is 13.2. The highest BCUT2D eigenvalue weighted by Gasteiger charge is 2.49. The number of nitrogens with zero attached hydrogens (tertiary/aromatic N) is 3. The van der Waals surface area contributed by atoms with Crippen LogP contribution in [0, 0.1) is 6.92 Å². The molecule has 0 N–H and O–H groups in total. The number of aryl methyl sites for hydroxylation is 1. The number of sulfone groups is 1. The molecule has 0 bridgehead atoms. The molecule has 2 saturated heterocycles. The molecule has 6 nitrogen and oxygen atoms in total. The summed E-state index contributed by atoms with van der Waals surface area (Å²) >= 11 is 7.61.